The van der Waals surface area contributed by atoms with Gasteiger partial charge in [-0.05, 0) is 29.8 Å². The molecule has 0 radical (unpaired) electrons. The van der Waals surface area contributed by atoms with Crippen LogP contribution in [0.5, 0.6) is 0 Å². The lowest BCUT2D eigenvalue weighted by Gasteiger charge is -2.33. The molecule has 0 fully saturated rings. The minimum Gasteiger partial charge on any atom is -0.465 e. The number of hydrogen-bond acceptors (Lipinski definition) is 7. The standard InChI is InChI=1S/C25H20FN5O3S/c1-34-24(33)17-13-11-15(12-14-17)20-21(23(32)27-19-10-6-5-9-18(19)26)35-25-29-28-22(31(25)30-20)16-7-3-2-4-8-16/h2-14,20-21,30H,1H3,(H,27,32)/t20-,21-/m0/s1. The molecule has 8 nitrogen and oxygen atoms in total. The first-order chi connectivity index (χ1) is 17.0. The van der Waals surface area contributed by atoms with Gasteiger partial charge < -0.3 is 15.5 Å². The molecule has 2 atom stereocenters. The Morgan fingerprint density at radius 2 is 1.71 bits per heavy atom. The minimum absolute atomic E-state index is 0.0925. The first-order valence-electron chi connectivity index (χ1n) is 10.7. The Morgan fingerprint density at radius 1 is 1.00 bits per heavy atom. The highest BCUT2D eigenvalue weighted by molar-refractivity contribution is 8.00. The Hall–Kier alpha value is -4.18. The van der Waals surface area contributed by atoms with Crippen molar-refractivity contribution in [2.45, 2.75) is 16.4 Å². The van der Waals surface area contributed by atoms with Crippen molar-refractivity contribution in [3.05, 3.63) is 95.8 Å². The molecule has 176 valence electrons. The van der Waals surface area contributed by atoms with Crippen LogP contribution in [-0.4, -0.2) is 39.1 Å². The van der Waals surface area contributed by atoms with Gasteiger partial charge in [-0.15, -0.1) is 10.2 Å². The molecule has 0 saturated heterocycles. The van der Waals surface area contributed by atoms with Crippen LogP contribution in [0.2, 0.25) is 0 Å². The molecule has 1 amide bonds. The number of esters is 1. The number of halogens is 1. The summed E-state index contributed by atoms with van der Waals surface area (Å²) in [7, 11) is 1.32. The number of rotatable bonds is 5. The Bertz CT molecular complexity index is 1380. The predicted molar refractivity (Wildman–Crippen MR) is 130 cm³/mol. The Labute approximate surface area is 204 Å². The summed E-state index contributed by atoms with van der Waals surface area (Å²) in [4.78, 5) is 25.2. The summed E-state index contributed by atoms with van der Waals surface area (Å²) in [6, 6.07) is 21.8. The van der Waals surface area contributed by atoms with Crippen LogP contribution in [0.15, 0.2) is 84.0 Å². The van der Waals surface area contributed by atoms with Crippen LogP contribution < -0.4 is 10.7 Å². The van der Waals surface area contributed by atoms with E-state index in [4.69, 9.17) is 4.74 Å². The first kappa shape index (κ1) is 22.6. The number of aromatic nitrogens is 3. The van der Waals surface area contributed by atoms with E-state index in [2.05, 4.69) is 20.9 Å². The predicted octanol–water partition coefficient (Wildman–Crippen LogP) is 4.27. The third-order valence-corrected chi connectivity index (χ3v) is 6.76. The fourth-order valence-corrected chi connectivity index (χ4v) is 4.87. The number of amides is 1. The second-order valence-corrected chi connectivity index (χ2v) is 8.84. The molecular weight excluding hydrogens is 469 g/mol. The average Bonchev–Trinajstić information content (AvgIpc) is 3.32. The normalized spacial score (nSPS) is 16.6. The lowest BCUT2D eigenvalue weighted by molar-refractivity contribution is -0.116. The number of ether oxygens (including phenoxy) is 1. The van der Waals surface area contributed by atoms with Crippen molar-refractivity contribution in [1.82, 2.24) is 14.9 Å². The second-order valence-electron chi connectivity index (χ2n) is 7.74. The van der Waals surface area contributed by atoms with Crippen molar-refractivity contribution in [1.29, 1.82) is 0 Å². The zero-order valence-electron chi connectivity index (χ0n) is 18.5. The van der Waals surface area contributed by atoms with E-state index in [9.17, 15) is 14.0 Å². The van der Waals surface area contributed by atoms with Gasteiger partial charge in [0.05, 0.1) is 24.4 Å². The molecule has 3 aromatic carbocycles. The maximum Gasteiger partial charge on any atom is 0.337 e. The number of benzene rings is 3. The summed E-state index contributed by atoms with van der Waals surface area (Å²) in [6.07, 6.45) is 0. The smallest absolute Gasteiger partial charge is 0.337 e. The Morgan fingerprint density at radius 3 is 2.43 bits per heavy atom. The molecule has 1 aliphatic heterocycles. The monoisotopic (exact) mass is 489 g/mol. The highest BCUT2D eigenvalue weighted by Crippen LogP contribution is 2.39. The molecule has 0 saturated carbocycles. The van der Waals surface area contributed by atoms with Gasteiger partial charge in [0, 0.05) is 5.56 Å². The second kappa shape index (κ2) is 9.59. The molecule has 10 heteroatoms. The van der Waals surface area contributed by atoms with Crippen LogP contribution >= 0.6 is 11.8 Å². The van der Waals surface area contributed by atoms with Crippen molar-refractivity contribution in [2.24, 2.45) is 0 Å². The highest BCUT2D eigenvalue weighted by atomic mass is 32.2. The van der Waals surface area contributed by atoms with Gasteiger partial charge >= 0.3 is 5.97 Å². The zero-order valence-corrected chi connectivity index (χ0v) is 19.3. The fraction of sp³-hybridized carbons (Fsp3) is 0.120. The summed E-state index contributed by atoms with van der Waals surface area (Å²) in [5.74, 6) is -0.783. The third kappa shape index (κ3) is 4.47. The Kier molecular flexibility index (Phi) is 6.19. The molecule has 0 unspecified atom stereocenters. The van der Waals surface area contributed by atoms with Gasteiger partial charge in [0.2, 0.25) is 11.1 Å². The van der Waals surface area contributed by atoms with Crippen molar-refractivity contribution in [2.75, 3.05) is 17.9 Å². The topological polar surface area (TPSA) is 98.1 Å². The third-order valence-electron chi connectivity index (χ3n) is 5.55. The summed E-state index contributed by atoms with van der Waals surface area (Å²) >= 11 is 1.22. The number of thioether (sulfide) groups is 1. The van der Waals surface area contributed by atoms with E-state index < -0.39 is 29.0 Å². The fourth-order valence-electron chi connectivity index (χ4n) is 3.79. The van der Waals surface area contributed by atoms with Gasteiger partial charge in [-0.3, -0.25) is 4.79 Å². The number of nitrogens with zero attached hydrogens (tertiary/aromatic N) is 3. The molecule has 0 bridgehead atoms. The van der Waals surface area contributed by atoms with Crippen LogP contribution in [0.1, 0.15) is 22.0 Å². The molecule has 2 heterocycles. The molecule has 2 N–H and O–H groups in total. The lowest BCUT2D eigenvalue weighted by Crippen LogP contribution is -2.41. The number of fused-ring (bicyclic) bond motifs is 1. The molecule has 4 aromatic rings. The number of nitrogens with one attached hydrogen (secondary N) is 2. The largest absolute Gasteiger partial charge is 0.465 e. The molecular formula is C25H20FN5O3S. The van der Waals surface area contributed by atoms with E-state index in [1.54, 1.807) is 41.1 Å². The number of methoxy groups -OCH3 is 1. The van der Waals surface area contributed by atoms with E-state index in [1.807, 2.05) is 30.3 Å². The van der Waals surface area contributed by atoms with E-state index in [1.165, 1.54) is 31.0 Å². The number of anilines is 1. The molecule has 1 aromatic heterocycles. The summed E-state index contributed by atoms with van der Waals surface area (Å²) in [6.45, 7) is 0. The number of hydrogen-bond donors (Lipinski definition) is 2. The summed E-state index contributed by atoms with van der Waals surface area (Å²) < 4.78 is 20.7. The molecule has 0 spiro atoms. The highest BCUT2D eigenvalue weighted by Gasteiger charge is 2.38. The molecule has 35 heavy (non-hydrogen) atoms. The lowest BCUT2D eigenvalue weighted by atomic mass is 10.0. The van der Waals surface area contributed by atoms with Gasteiger partial charge in [0.25, 0.3) is 0 Å². The summed E-state index contributed by atoms with van der Waals surface area (Å²) in [5, 5.41) is 11.1. The van der Waals surface area contributed by atoms with Crippen LogP contribution in [0.4, 0.5) is 10.1 Å². The number of carbonyl (C=O) groups is 2. The van der Waals surface area contributed by atoms with Gasteiger partial charge in [-0.25, -0.2) is 13.9 Å². The van der Waals surface area contributed by atoms with Gasteiger partial charge in [-0.1, -0.05) is 66.4 Å². The Balaban J connectivity index is 1.52. The van der Waals surface area contributed by atoms with Gasteiger partial charge in [0.15, 0.2) is 5.82 Å². The van der Waals surface area contributed by atoms with Crippen LogP contribution in [0, 0.1) is 5.82 Å². The summed E-state index contributed by atoms with van der Waals surface area (Å²) in [5.41, 5.74) is 5.44. The van der Waals surface area contributed by atoms with Crippen LogP contribution in [0.25, 0.3) is 11.4 Å². The number of para-hydroxylation sites is 1. The van der Waals surface area contributed by atoms with E-state index >= 15 is 0 Å². The first-order valence-corrected chi connectivity index (χ1v) is 11.6. The minimum atomic E-state index is -0.709. The van der Waals surface area contributed by atoms with Gasteiger partial charge in [0.1, 0.15) is 11.1 Å². The van der Waals surface area contributed by atoms with Crippen LogP contribution in [-0.2, 0) is 9.53 Å². The molecule has 0 aliphatic carbocycles. The van der Waals surface area contributed by atoms with Gasteiger partial charge in [-0.2, -0.15) is 0 Å². The van der Waals surface area contributed by atoms with Crippen molar-refractivity contribution in [3.8, 4) is 11.4 Å². The number of carbonyl (C=O) groups excluding carboxylic acids is 2. The quantitative estimate of drug-likeness (QED) is 0.404. The maximum atomic E-state index is 14.2. The van der Waals surface area contributed by atoms with Crippen molar-refractivity contribution >= 4 is 29.3 Å². The van der Waals surface area contributed by atoms with E-state index in [-0.39, 0.29) is 5.69 Å². The van der Waals surface area contributed by atoms with Crippen LogP contribution in [0.3, 0.4) is 0 Å². The molecule has 1 aliphatic rings. The van der Waals surface area contributed by atoms with E-state index in [0.717, 1.165) is 11.1 Å². The SMILES string of the molecule is COC(=O)c1ccc([C@@H]2Nn3c(nnc3-c3ccccc3)S[C@@H]2C(=O)Nc2ccccc2F)cc1. The van der Waals surface area contributed by atoms with Crippen molar-refractivity contribution < 1.29 is 18.7 Å². The average molecular weight is 490 g/mol. The van der Waals surface area contributed by atoms with E-state index in [0.29, 0.717) is 16.5 Å². The van der Waals surface area contributed by atoms with Crippen molar-refractivity contribution in [3.63, 3.8) is 0 Å². The maximum absolute atomic E-state index is 14.2. The zero-order chi connectivity index (χ0) is 24.4. The molecule has 5 rings (SSSR count).